The zero-order chi connectivity index (χ0) is 13.9. The van der Waals surface area contributed by atoms with Gasteiger partial charge in [0.25, 0.3) is 0 Å². The zero-order valence-corrected chi connectivity index (χ0v) is 12.6. The first-order chi connectivity index (χ1) is 9.04. The normalized spacial score (nSPS) is 25.6. The number of hydrogen-bond donors (Lipinski definition) is 0. The molecule has 1 heterocycles. The Balaban J connectivity index is 2.04. The van der Waals surface area contributed by atoms with E-state index in [4.69, 9.17) is 0 Å². The van der Waals surface area contributed by atoms with Crippen molar-refractivity contribution in [1.29, 1.82) is 0 Å². The molecule has 0 N–H and O–H groups in total. The van der Waals surface area contributed by atoms with Gasteiger partial charge in [-0.05, 0) is 17.4 Å². The van der Waals surface area contributed by atoms with Gasteiger partial charge in [0, 0.05) is 19.0 Å². The van der Waals surface area contributed by atoms with Gasteiger partial charge in [0.1, 0.15) is 0 Å². The van der Waals surface area contributed by atoms with Crippen molar-refractivity contribution in [2.24, 2.45) is 5.41 Å². The summed E-state index contributed by atoms with van der Waals surface area (Å²) in [5.74, 6) is 6.78. The Bertz CT molecular complexity index is 458. The van der Waals surface area contributed by atoms with Crippen LogP contribution in [0.2, 0.25) is 0 Å². The van der Waals surface area contributed by atoms with Crippen molar-refractivity contribution in [2.75, 3.05) is 0 Å². The Morgan fingerprint density at radius 3 is 2.42 bits per heavy atom. The number of nitrogens with zero attached hydrogens (tertiary/aromatic N) is 1. The molecule has 1 nitrogen and oxygen atoms in total. The molecule has 0 radical (unpaired) electrons. The molecule has 1 saturated heterocycles. The van der Waals surface area contributed by atoms with Gasteiger partial charge in [-0.2, -0.15) is 0 Å². The smallest absolute Gasteiger partial charge is 0.0884 e. The minimum atomic E-state index is 0.306. The lowest BCUT2D eigenvalue weighted by Gasteiger charge is -2.17. The molecule has 19 heavy (non-hydrogen) atoms. The lowest BCUT2D eigenvalue weighted by atomic mass is 9.90. The number of unbranched alkanes of at least 4 members (excludes halogenated alkanes) is 1. The maximum absolute atomic E-state index is 3.46. The second kappa shape index (κ2) is 5.80. The van der Waals surface area contributed by atoms with Gasteiger partial charge in [-0.1, -0.05) is 63.9 Å². The summed E-state index contributed by atoms with van der Waals surface area (Å²) < 4.78 is 0. The number of hydrogen-bond acceptors (Lipinski definition) is 1. The highest BCUT2D eigenvalue weighted by Gasteiger charge is 2.52. The molecule has 0 saturated carbocycles. The van der Waals surface area contributed by atoms with E-state index in [0.29, 0.717) is 17.5 Å². The first-order valence-electron chi connectivity index (χ1n) is 7.32. The van der Waals surface area contributed by atoms with E-state index in [-0.39, 0.29) is 0 Å². The lowest BCUT2D eigenvalue weighted by molar-refractivity contribution is 0.324. The largest absolute Gasteiger partial charge is 0.278 e. The van der Waals surface area contributed by atoms with Gasteiger partial charge in [-0.15, -0.1) is 5.92 Å². The van der Waals surface area contributed by atoms with E-state index >= 15 is 0 Å². The molecule has 0 amide bonds. The molecule has 2 rings (SSSR count). The van der Waals surface area contributed by atoms with E-state index in [1.807, 2.05) is 0 Å². The molecule has 0 bridgehead atoms. The van der Waals surface area contributed by atoms with Gasteiger partial charge >= 0.3 is 0 Å². The summed E-state index contributed by atoms with van der Waals surface area (Å²) in [6.45, 7) is 10.2. The standard InChI is InChI=1S/C18H25N/c1-5-6-8-13-16-17(18(2,3)4)19(16)14-15-11-9-7-10-12-15/h7,9-12,16-17H,5-6,14H2,1-4H3/t16-,17+,19?/m1/s1. The molecule has 1 aromatic carbocycles. The molecule has 0 spiro atoms. The quantitative estimate of drug-likeness (QED) is 0.581. The summed E-state index contributed by atoms with van der Waals surface area (Å²) in [5, 5.41) is 0. The van der Waals surface area contributed by atoms with Crippen LogP contribution in [0.4, 0.5) is 0 Å². The van der Waals surface area contributed by atoms with Gasteiger partial charge in [-0.3, -0.25) is 4.90 Å². The highest BCUT2D eigenvalue weighted by Crippen LogP contribution is 2.42. The predicted molar refractivity (Wildman–Crippen MR) is 81.7 cm³/mol. The van der Waals surface area contributed by atoms with Crippen LogP contribution in [0.5, 0.6) is 0 Å². The van der Waals surface area contributed by atoms with Crippen LogP contribution in [-0.2, 0) is 6.54 Å². The third-order valence-corrected chi connectivity index (χ3v) is 3.64. The second-order valence-electron chi connectivity index (χ2n) is 6.48. The van der Waals surface area contributed by atoms with Crippen LogP contribution in [0.1, 0.15) is 46.1 Å². The minimum absolute atomic E-state index is 0.306. The zero-order valence-electron chi connectivity index (χ0n) is 12.6. The van der Waals surface area contributed by atoms with E-state index in [1.54, 1.807) is 0 Å². The Morgan fingerprint density at radius 2 is 1.84 bits per heavy atom. The van der Waals surface area contributed by atoms with Gasteiger partial charge in [0.2, 0.25) is 0 Å². The van der Waals surface area contributed by atoms with Crippen LogP contribution in [0.15, 0.2) is 30.3 Å². The molecule has 1 aromatic rings. The van der Waals surface area contributed by atoms with Crippen molar-refractivity contribution >= 4 is 0 Å². The van der Waals surface area contributed by atoms with E-state index in [9.17, 15) is 0 Å². The molecule has 0 aromatic heterocycles. The highest BCUT2D eigenvalue weighted by atomic mass is 15.4. The van der Waals surface area contributed by atoms with E-state index in [1.165, 1.54) is 5.56 Å². The van der Waals surface area contributed by atoms with Crippen LogP contribution in [0.3, 0.4) is 0 Å². The fourth-order valence-electron chi connectivity index (χ4n) is 2.70. The number of benzene rings is 1. The highest BCUT2D eigenvalue weighted by molar-refractivity contribution is 5.27. The molecular weight excluding hydrogens is 230 g/mol. The Labute approximate surface area is 118 Å². The summed E-state index contributed by atoms with van der Waals surface area (Å²) in [4.78, 5) is 2.53. The molecule has 1 heteroatoms. The fraction of sp³-hybridized carbons (Fsp3) is 0.556. The topological polar surface area (TPSA) is 3.01 Å². The van der Waals surface area contributed by atoms with Crippen LogP contribution < -0.4 is 0 Å². The molecule has 1 aliphatic heterocycles. The van der Waals surface area contributed by atoms with Crippen molar-refractivity contribution in [2.45, 2.75) is 59.2 Å². The number of rotatable bonds is 3. The summed E-state index contributed by atoms with van der Waals surface area (Å²) in [7, 11) is 0. The van der Waals surface area contributed by atoms with Gasteiger partial charge in [0.15, 0.2) is 0 Å². The lowest BCUT2D eigenvalue weighted by Crippen LogP contribution is -2.19. The van der Waals surface area contributed by atoms with Crippen molar-refractivity contribution in [3.63, 3.8) is 0 Å². The molecule has 0 aliphatic carbocycles. The van der Waals surface area contributed by atoms with Crippen molar-refractivity contribution in [1.82, 2.24) is 4.90 Å². The third kappa shape index (κ3) is 3.61. The minimum Gasteiger partial charge on any atom is -0.278 e. The monoisotopic (exact) mass is 255 g/mol. The van der Waals surface area contributed by atoms with E-state index in [0.717, 1.165) is 19.4 Å². The van der Waals surface area contributed by atoms with E-state index < -0.39 is 0 Å². The fourth-order valence-corrected chi connectivity index (χ4v) is 2.70. The van der Waals surface area contributed by atoms with Crippen LogP contribution in [0, 0.1) is 17.3 Å². The van der Waals surface area contributed by atoms with E-state index in [2.05, 4.69) is 74.8 Å². The first kappa shape index (κ1) is 14.2. The Kier molecular flexibility index (Phi) is 4.32. The molecule has 1 fully saturated rings. The summed E-state index contributed by atoms with van der Waals surface area (Å²) in [6.07, 6.45) is 2.17. The molecule has 102 valence electrons. The molecular formula is C18H25N. The van der Waals surface area contributed by atoms with Crippen LogP contribution >= 0.6 is 0 Å². The van der Waals surface area contributed by atoms with Crippen molar-refractivity contribution < 1.29 is 0 Å². The molecule has 1 aliphatic rings. The van der Waals surface area contributed by atoms with Crippen LogP contribution in [0.25, 0.3) is 0 Å². The Morgan fingerprint density at radius 1 is 1.16 bits per heavy atom. The average Bonchev–Trinajstić information content (AvgIpc) is 3.04. The SMILES string of the molecule is CCCC#C[C@@H]1[C@@H](C(C)(C)C)N1Cc1ccccc1. The van der Waals surface area contributed by atoms with Crippen molar-refractivity contribution in [3.8, 4) is 11.8 Å². The third-order valence-electron chi connectivity index (χ3n) is 3.64. The summed E-state index contributed by atoms with van der Waals surface area (Å²) in [5.41, 5.74) is 1.69. The van der Waals surface area contributed by atoms with Gasteiger partial charge < -0.3 is 0 Å². The van der Waals surface area contributed by atoms with Crippen LogP contribution in [-0.4, -0.2) is 17.0 Å². The maximum atomic E-state index is 3.46. The molecule has 3 atom stereocenters. The summed E-state index contributed by atoms with van der Waals surface area (Å²) in [6, 6.07) is 11.8. The summed E-state index contributed by atoms with van der Waals surface area (Å²) >= 11 is 0. The van der Waals surface area contributed by atoms with Gasteiger partial charge in [-0.25, -0.2) is 0 Å². The second-order valence-corrected chi connectivity index (χ2v) is 6.48. The molecule has 1 unspecified atom stereocenters. The predicted octanol–water partition coefficient (Wildman–Crippen LogP) is 4.09. The van der Waals surface area contributed by atoms with Crippen molar-refractivity contribution in [3.05, 3.63) is 35.9 Å². The first-order valence-corrected chi connectivity index (χ1v) is 7.32. The maximum Gasteiger partial charge on any atom is 0.0884 e. The average molecular weight is 255 g/mol. The van der Waals surface area contributed by atoms with Gasteiger partial charge in [0.05, 0.1) is 6.04 Å². The Hall–Kier alpha value is -1.26.